The van der Waals surface area contributed by atoms with Crippen molar-refractivity contribution >= 4 is 23.6 Å². The molecule has 4 heteroatoms. The smallest absolute Gasteiger partial charge is 0.247 e. The van der Waals surface area contributed by atoms with Crippen LogP contribution in [0.3, 0.4) is 0 Å². The van der Waals surface area contributed by atoms with E-state index in [0.717, 1.165) is 42.6 Å². The van der Waals surface area contributed by atoms with Gasteiger partial charge in [0.25, 0.3) is 0 Å². The molecule has 2 aromatic rings. The van der Waals surface area contributed by atoms with E-state index in [1.807, 2.05) is 58.3 Å². The summed E-state index contributed by atoms with van der Waals surface area (Å²) >= 11 is 0. The molecule has 2 amide bonds. The quantitative estimate of drug-likeness (QED) is 0.730. The van der Waals surface area contributed by atoms with Crippen LogP contribution < -0.4 is 4.90 Å². The maximum absolute atomic E-state index is 12.7. The molecule has 138 valence electrons. The fourth-order valence-electron chi connectivity index (χ4n) is 3.50. The van der Waals surface area contributed by atoms with E-state index < -0.39 is 0 Å². The summed E-state index contributed by atoms with van der Waals surface area (Å²) in [5, 5.41) is 0. The van der Waals surface area contributed by atoms with Gasteiger partial charge in [-0.1, -0.05) is 42.5 Å². The minimum Gasteiger partial charge on any atom is -0.332 e. The standard InChI is InChI=1S/C23H24N2O2/c26-22-7-4-16-24(22)20-11-8-18(9-12-20)10-15-23(27)25(21-13-14-21)17-19-5-2-1-3-6-19/h1-3,5-6,8-12,15,21H,4,7,13-14,16-17H2. The van der Waals surface area contributed by atoms with E-state index in [9.17, 15) is 9.59 Å². The highest BCUT2D eigenvalue weighted by Gasteiger charge is 2.31. The number of rotatable bonds is 6. The molecule has 2 fully saturated rings. The zero-order chi connectivity index (χ0) is 18.6. The molecule has 1 saturated carbocycles. The lowest BCUT2D eigenvalue weighted by Gasteiger charge is -2.21. The third-order valence-electron chi connectivity index (χ3n) is 5.16. The number of benzene rings is 2. The van der Waals surface area contributed by atoms with Crippen LogP contribution >= 0.6 is 0 Å². The Morgan fingerprint density at radius 1 is 1.07 bits per heavy atom. The van der Waals surface area contributed by atoms with E-state index >= 15 is 0 Å². The molecule has 1 aliphatic heterocycles. The van der Waals surface area contributed by atoms with Crippen LogP contribution in [0.4, 0.5) is 5.69 Å². The first kappa shape index (κ1) is 17.5. The number of anilines is 1. The zero-order valence-corrected chi connectivity index (χ0v) is 15.4. The SMILES string of the molecule is O=C1CCCN1c1ccc(C=CC(=O)N(Cc2ccccc2)C2CC2)cc1. The maximum atomic E-state index is 12.7. The van der Waals surface area contributed by atoms with E-state index in [4.69, 9.17) is 0 Å². The first-order valence-electron chi connectivity index (χ1n) is 9.64. The average molecular weight is 360 g/mol. The van der Waals surface area contributed by atoms with Gasteiger partial charge in [0.05, 0.1) is 0 Å². The Morgan fingerprint density at radius 3 is 2.44 bits per heavy atom. The number of amides is 2. The molecule has 0 aromatic heterocycles. The van der Waals surface area contributed by atoms with E-state index in [1.165, 1.54) is 0 Å². The molecule has 0 unspecified atom stereocenters. The monoisotopic (exact) mass is 360 g/mol. The Hall–Kier alpha value is -2.88. The second-order valence-corrected chi connectivity index (χ2v) is 7.26. The summed E-state index contributed by atoms with van der Waals surface area (Å²) in [5.41, 5.74) is 3.06. The molecular formula is C23H24N2O2. The Morgan fingerprint density at radius 2 is 1.81 bits per heavy atom. The summed E-state index contributed by atoms with van der Waals surface area (Å²) in [6.07, 6.45) is 7.26. The third kappa shape index (κ3) is 4.27. The van der Waals surface area contributed by atoms with E-state index in [2.05, 4.69) is 12.1 Å². The summed E-state index contributed by atoms with van der Waals surface area (Å²) in [5.74, 6) is 0.245. The van der Waals surface area contributed by atoms with Crippen LogP contribution in [0.15, 0.2) is 60.7 Å². The van der Waals surface area contributed by atoms with Gasteiger partial charge in [0, 0.05) is 37.3 Å². The lowest BCUT2D eigenvalue weighted by atomic mass is 10.1. The van der Waals surface area contributed by atoms with Crippen molar-refractivity contribution in [3.63, 3.8) is 0 Å². The van der Waals surface area contributed by atoms with Gasteiger partial charge >= 0.3 is 0 Å². The lowest BCUT2D eigenvalue weighted by Crippen LogP contribution is -2.31. The number of hydrogen-bond acceptors (Lipinski definition) is 2. The van der Waals surface area contributed by atoms with Gasteiger partial charge in [-0.25, -0.2) is 0 Å². The lowest BCUT2D eigenvalue weighted by molar-refractivity contribution is -0.127. The zero-order valence-electron chi connectivity index (χ0n) is 15.4. The molecule has 2 aromatic carbocycles. The number of carbonyl (C=O) groups excluding carboxylic acids is 2. The molecule has 4 nitrogen and oxygen atoms in total. The Kier molecular flexibility index (Phi) is 5.05. The van der Waals surface area contributed by atoms with Gasteiger partial charge in [0.2, 0.25) is 11.8 Å². The Balaban J connectivity index is 1.41. The van der Waals surface area contributed by atoms with Crippen molar-refractivity contribution in [1.82, 2.24) is 4.90 Å². The predicted molar refractivity (Wildman–Crippen MR) is 107 cm³/mol. The normalized spacial score (nSPS) is 16.9. The molecule has 0 spiro atoms. The summed E-state index contributed by atoms with van der Waals surface area (Å²) in [6, 6.07) is 18.3. The molecular weight excluding hydrogens is 336 g/mol. The first-order valence-corrected chi connectivity index (χ1v) is 9.64. The highest BCUT2D eigenvalue weighted by atomic mass is 16.2. The van der Waals surface area contributed by atoms with E-state index in [0.29, 0.717) is 19.0 Å². The highest BCUT2D eigenvalue weighted by molar-refractivity contribution is 5.95. The minimum atomic E-state index is 0.0557. The Bertz CT molecular complexity index is 838. The van der Waals surface area contributed by atoms with Crippen molar-refractivity contribution in [2.24, 2.45) is 0 Å². The third-order valence-corrected chi connectivity index (χ3v) is 5.16. The van der Waals surface area contributed by atoms with Crippen molar-refractivity contribution in [3.05, 3.63) is 71.8 Å². The second kappa shape index (κ2) is 7.78. The molecule has 4 rings (SSSR count). The minimum absolute atomic E-state index is 0.0557. The van der Waals surface area contributed by atoms with Crippen LogP contribution in [0.5, 0.6) is 0 Å². The molecule has 0 N–H and O–H groups in total. The van der Waals surface area contributed by atoms with Crippen LogP contribution in [0.1, 0.15) is 36.8 Å². The fraction of sp³-hybridized carbons (Fsp3) is 0.304. The number of carbonyl (C=O) groups is 2. The number of nitrogens with zero attached hydrogens (tertiary/aromatic N) is 2. The van der Waals surface area contributed by atoms with Crippen LogP contribution in [-0.4, -0.2) is 29.3 Å². The molecule has 27 heavy (non-hydrogen) atoms. The maximum Gasteiger partial charge on any atom is 0.247 e. The average Bonchev–Trinajstić information content (AvgIpc) is 3.46. The number of hydrogen-bond donors (Lipinski definition) is 0. The van der Waals surface area contributed by atoms with Gasteiger partial charge in [0.1, 0.15) is 0 Å². The van der Waals surface area contributed by atoms with Crippen LogP contribution in [-0.2, 0) is 16.1 Å². The Labute approximate surface area is 160 Å². The summed E-state index contributed by atoms with van der Waals surface area (Å²) < 4.78 is 0. The largest absolute Gasteiger partial charge is 0.332 e. The van der Waals surface area contributed by atoms with Crippen LogP contribution in [0.2, 0.25) is 0 Å². The van der Waals surface area contributed by atoms with Crippen molar-refractivity contribution in [2.75, 3.05) is 11.4 Å². The molecule has 1 saturated heterocycles. The van der Waals surface area contributed by atoms with Crippen molar-refractivity contribution in [2.45, 2.75) is 38.3 Å². The molecule has 2 aliphatic rings. The van der Waals surface area contributed by atoms with Crippen molar-refractivity contribution in [1.29, 1.82) is 0 Å². The van der Waals surface area contributed by atoms with Gasteiger partial charge in [-0.15, -0.1) is 0 Å². The van der Waals surface area contributed by atoms with Gasteiger partial charge < -0.3 is 9.80 Å². The topological polar surface area (TPSA) is 40.6 Å². The van der Waals surface area contributed by atoms with Gasteiger partial charge in [-0.2, -0.15) is 0 Å². The molecule has 0 bridgehead atoms. The molecule has 1 heterocycles. The molecule has 0 atom stereocenters. The van der Waals surface area contributed by atoms with Gasteiger partial charge in [-0.3, -0.25) is 9.59 Å². The van der Waals surface area contributed by atoms with E-state index in [1.54, 1.807) is 6.08 Å². The van der Waals surface area contributed by atoms with E-state index in [-0.39, 0.29) is 11.8 Å². The fourth-order valence-corrected chi connectivity index (χ4v) is 3.50. The summed E-state index contributed by atoms with van der Waals surface area (Å²) in [7, 11) is 0. The first-order chi connectivity index (χ1) is 13.2. The summed E-state index contributed by atoms with van der Waals surface area (Å²) in [6.45, 7) is 1.45. The van der Waals surface area contributed by atoms with Gasteiger partial charge in [0.15, 0.2) is 0 Å². The predicted octanol–water partition coefficient (Wildman–Crippen LogP) is 4.02. The van der Waals surface area contributed by atoms with Crippen LogP contribution in [0.25, 0.3) is 6.08 Å². The van der Waals surface area contributed by atoms with Crippen molar-refractivity contribution in [3.8, 4) is 0 Å². The van der Waals surface area contributed by atoms with Gasteiger partial charge in [-0.05, 0) is 48.6 Å². The molecule has 1 aliphatic carbocycles. The summed E-state index contributed by atoms with van der Waals surface area (Å²) in [4.78, 5) is 28.3. The molecule has 0 radical (unpaired) electrons. The van der Waals surface area contributed by atoms with Crippen LogP contribution in [0, 0.1) is 0 Å². The highest BCUT2D eigenvalue weighted by Crippen LogP contribution is 2.29. The second-order valence-electron chi connectivity index (χ2n) is 7.26. The van der Waals surface area contributed by atoms with Crippen molar-refractivity contribution < 1.29 is 9.59 Å².